The molecule has 0 aliphatic carbocycles. The Morgan fingerprint density at radius 1 is 1.19 bits per heavy atom. The smallest absolute Gasteiger partial charge is 0.246 e. The van der Waals surface area contributed by atoms with Gasteiger partial charge in [-0.3, -0.25) is 19.2 Å². The third kappa shape index (κ3) is 7.42. The van der Waals surface area contributed by atoms with E-state index < -0.39 is 12.1 Å². The van der Waals surface area contributed by atoms with Gasteiger partial charge in [0.05, 0.1) is 6.42 Å². The molecular formula is C19H25N3O4S. The Bertz CT molecular complexity index is 673. The summed E-state index contributed by atoms with van der Waals surface area (Å²) in [5.74, 6) is -0.0203. The highest BCUT2D eigenvalue weighted by atomic mass is 32.2. The summed E-state index contributed by atoms with van der Waals surface area (Å²) in [6.07, 6.45) is 3.15. The lowest BCUT2D eigenvalue weighted by Gasteiger charge is -2.28. The molecule has 0 saturated carbocycles. The SMILES string of the molecule is CC(=O)SCCCCC[C@H](NC(=O)[C@@H]1CC(=O)N1)C(=O)Nc1ccccc1. The summed E-state index contributed by atoms with van der Waals surface area (Å²) < 4.78 is 0. The Hall–Kier alpha value is -2.35. The van der Waals surface area contributed by atoms with Gasteiger partial charge in [-0.2, -0.15) is 0 Å². The Kier molecular flexibility index (Phi) is 8.32. The third-order valence-electron chi connectivity index (χ3n) is 4.16. The average Bonchev–Trinajstić information content (AvgIpc) is 2.61. The van der Waals surface area contributed by atoms with Crippen LogP contribution >= 0.6 is 11.8 Å². The molecule has 3 amide bonds. The van der Waals surface area contributed by atoms with Crippen LogP contribution in [0.2, 0.25) is 0 Å². The van der Waals surface area contributed by atoms with E-state index in [0.29, 0.717) is 12.1 Å². The second kappa shape index (κ2) is 10.7. The average molecular weight is 391 g/mol. The van der Waals surface area contributed by atoms with Crippen molar-refractivity contribution in [3.05, 3.63) is 30.3 Å². The van der Waals surface area contributed by atoms with Crippen LogP contribution < -0.4 is 16.0 Å². The number of rotatable bonds is 10. The van der Waals surface area contributed by atoms with Gasteiger partial charge >= 0.3 is 0 Å². The molecule has 0 spiro atoms. The number of hydrogen-bond acceptors (Lipinski definition) is 5. The summed E-state index contributed by atoms with van der Waals surface area (Å²) in [4.78, 5) is 46.7. The predicted octanol–water partition coefficient (Wildman–Crippen LogP) is 1.84. The van der Waals surface area contributed by atoms with Gasteiger partial charge in [-0.15, -0.1) is 0 Å². The molecule has 1 fully saturated rings. The number of β-lactam (4-membered cyclic amide) rings is 1. The second-order valence-corrected chi connectivity index (χ2v) is 7.70. The van der Waals surface area contributed by atoms with E-state index in [0.717, 1.165) is 25.0 Å². The molecule has 1 heterocycles. The minimum atomic E-state index is -0.671. The van der Waals surface area contributed by atoms with E-state index in [2.05, 4.69) is 16.0 Å². The lowest BCUT2D eigenvalue weighted by Crippen LogP contribution is -2.59. The van der Waals surface area contributed by atoms with Crippen LogP contribution in [-0.4, -0.2) is 40.7 Å². The van der Waals surface area contributed by atoms with Crippen molar-refractivity contribution in [1.29, 1.82) is 0 Å². The van der Waals surface area contributed by atoms with Crippen LogP contribution in [0.5, 0.6) is 0 Å². The quantitative estimate of drug-likeness (QED) is 0.417. The van der Waals surface area contributed by atoms with Gasteiger partial charge in [0.25, 0.3) is 0 Å². The topological polar surface area (TPSA) is 104 Å². The predicted molar refractivity (Wildman–Crippen MR) is 105 cm³/mol. The van der Waals surface area contributed by atoms with Crippen molar-refractivity contribution in [2.24, 2.45) is 0 Å². The number of nitrogens with one attached hydrogen (secondary N) is 3. The zero-order valence-corrected chi connectivity index (χ0v) is 16.1. The summed E-state index contributed by atoms with van der Waals surface area (Å²) in [7, 11) is 0. The van der Waals surface area contributed by atoms with Crippen LogP contribution in [0.1, 0.15) is 39.0 Å². The molecule has 1 saturated heterocycles. The minimum absolute atomic E-state index is 0.102. The summed E-state index contributed by atoms with van der Waals surface area (Å²) in [5.41, 5.74) is 0.663. The van der Waals surface area contributed by atoms with E-state index in [1.165, 1.54) is 11.8 Å². The van der Waals surface area contributed by atoms with Crippen LogP contribution in [0.4, 0.5) is 5.69 Å². The number of amides is 3. The molecule has 0 radical (unpaired) electrons. The van der Waals surface area contributed by atoms with Crippen LogP contribution in [0, 0.1) is 0 Å². The van der Waals surface area contributed by atoms with Gasteiger partial charge in [0.1, 0.15) is 12.1 Å². The first-order valence-electron chi connectivity index (χ1n) is 9.04. The maximum Gasteiger partial charge on any atom is 0.246 e. The largest absolute Gasteiger partial charge is 0.344 e. The van der Waals surface area contributed by atoms with Crippen molar-refractivity contribution >= 4 is 40.3 Å². The van der Waals surface area contributed by atoms with Crippen LogP contribution in [-0.2, 0) is 19.2 Å². The van der Waals surface area contributed by atoms with Gasteiger partial charge in [0.2, 0.25) is 17.7 Å². The van der Waals surface area contributed by atoms with E-state index in [1.54, 1.807) is 19.1 Å². The molecule has 2 rings (SSSR count). The van der Waals surface area contributed by atoms with E-state index >= 15 is 0 Å². The standard InChI is InChI=1S/C19H25N3O4S/c1-13(23)27-11-7-3-6-10-15(22-19(26)16-12-17(24)21-16)18(25)20-14-8-4-2-5-9-14/h2,4-5,8-9,15-16H,3,6-7,10-12H2,1H3,(H,20,25)(H,21,24)(H,22,26)/t15-,16-/m0/s1. The first-order chi connectivity index (χ1) is 13.0. The monoisotopic (exact) mass is 391 g/mol. The summed E-state index contributed by atoms with van der Waals surface area (Å²) >= 11 is 1.30. The van der Waals surface area contributed by atoms with Gasteiger partial charge in [-0.25, -0.2) is 0 Å². The highest BCUT2D eigenvalue weighted by molar-refractivity contribution is 8.13. The Balaban J connectivity index is 1.85. The van der Waals surface area contributed by atoms with Crippen molar-refractivity contribution < 1.29 is 19.2 Å². The fourth-order valence-electron chi connectivity index (χ4n) is 2.65. The molecule has 7 nitrogen and oxygen atoms in total. The third-order valence-corrected chi connectivity index (χ3v) is 5.06. The number of carbonyl (C=O) groups is 4. The van der Waals surface area contributed by atoms with Gasteiger partial charge in [-0.05, 0) is 25.0 Å². The molecule has 8 heteroatoms. The molecule has 1 aliphatic rings. The molecule has 1 aromatic rings. The van der Waals surface area contributed by atoms with E-state index in [4.69, 9.17) is 0 Å². The number of carbonyl (C=O) groups excluding carboxylic acids is 4. The van der Waals surface area contributed by atoms with Crippen LogP contribution in [0.3, 0.4) is 0 Å². The van der Waals surface area contributed by atoms with Crippen molar-refractivity contribution in [2.45, 2.75) is 51.1 Å². The second-order valence-electron chi connectivity index (χ2n) is 6.43. The molecule has 1 aliphatic heterocycles. The number of anilines is 1. The first kappa shape index (κ1) is 21.0. The molecule has 2 atom stereocenters. The highest BCUT2D eigenvalue weighted by Crippen LogP contribution is 2.13. The molecule has 27 heavy (non-hydrogen) atoms. The van der Waals surface area contributed by atoms with Crippen LogP contribution in [0.25, 0.3) is 0 Å². The van der Waals surface area contributed by atoms with Crippen molar-refractivity contribution in [3.8, 4) is 0 Å². The number of thioether (sulfide) groups is 1. The van der Waals surface area contributed by atoms with Crippen molar-refractivity contribution in [3.63, 3.8) is 0 Å². The van der Waals surface area contributed by atoms with Gasteiger partial charge in [0.15, 0.2) is 5.12 Å². The normalized spacial score (nSPS) is 16.6. The maximum absolute atomic E-state index is 12.6. The van der Waals surface area contributed by atoms with Crippen LogP contribution in [0.15, 0.2) is 30.3 Å². The van der Waals surface area contributed by atoms with Gasteiger partial charge in [0, 0.05) is 18.4 Å². The summed E-state index contributed by atoms with van der Waals surface area (Å²) in [6, 6.07) is 7.82. The summed E-state index contributed by atoms with van der Waals surface area (Å²) in [6.45, 7) is 1.55. The zero-order chi connectivity index (χ0) is 19.6. The number of unbranched alkanes of at least 4 members (excludes halogenated alkanes) is 2. The molecule has 146 valence electrons. The Morgan fingerprint density at radius 2 is 1.89 bits per heavy atom. The highest BCUT2D eigenvalue weighted by Gasteiger charge is 2.33. The maximum atomic E-state index is 12.6. The number of hydrogen-bond donors (Lipinski definition) is 3. The lowest BCUT2D eigenvalue weighted by molar-refractivity contribution is -0.138. The fraction of sp³-hybridized carbons (Fsp3) is 0.474. The van der Waals surface area contributed by atoms with Gasteiger partial charge in [-0.1, -0.05) is 42.8 Å². The van der Waals surface area contributed by atoms with E-state index in [9.17, 15) is 19.2 Å². The van der Waals surface area contributed by atoms with E-state index in [1.807, 2.05) is 18.2 Å². The molecule has 0 aromatic heterocycles. The molecule has 0 unspecified atom stereocenters. The Morgan fingerprint density at radius 3 is 2.52 bits per heavy atom. The molecular weight excluding hydrogens is 366 g/mol. The molecule has 3 N–H and O–H groups in total. The lowest BCUT2D eigenvalue weighted by atomic mass is 10.0. The molecule has 0 bridgehead atoms. The fourth-order valence-corrected chi connectivity index (χ4v) is 3.29. The summed E-state index contributed by atoms with van der Waals surface area (Å²) in [5, 5.41) is 8.17. The number of para-hydroxylation sites is 1. The van der Waals surface area contributed by atoms with E-state index in [-0.39, 0.29) is 29.3 Å². The number of benzene rings is 1. The zero-order valence-electron chi connectivity index (χ0n) is 15.3. The molecule has 1 aromatic carbocycles. The first-order valence-corrected chi connectivity index (χ1v) is 10.0. The van der Waals surface area contributed by atoms with Gasteiger partial charge < -0.3 is 16.0 Å². The Labute approximate surface area is 163 Å². The van der Waals surface area contributed by atoms with Crippen molar-refractivity contribution in [2.75, 3.05) is 11.1 Å². The van der Waals surface area contributed by atoms with Crippen molar-refractivity contribution in [1.82, 2.24) is 10.6 Å². The minimum Gasteiger partial charge on any atom is -0.344 e.